The van der Waals surface area contributed by atoms with Gasteiger partial charge < -0.3 is 0 Å². The normalized spacial score (nSPS) is 11.8. The second kappa shape index (κ2) is 2.85. The fourth-order valence-electron chi connectivity index (χ4n) is 0.968. The van der Waals surface area contributed by atoms with Crippen molar-refractivity contribution in [2.75, 3.05) is 0 Å². The number of pyridine rings is 1. The van der Waals surface area contributed by atoms with Crippen molar-refractivity contribution in [1.29, 1.82) is 0 Å². The van der Waals surface area contributed by atoms with E-state index in [9.17, 15) is 4.39 Å². The van der Waals surface area contributed by atoms with E-state index >= 15 is 0 Å². The zero-order valence-corrected chi connectivity index (χ0v) is 7.98. The molecule has 0 unspecified atom stereocenters. The summed E-state index contributed by atoms with van der Waals surface area (Å²) in [4.78, 5) is 3.68. The fraction of sp³-hybridized carbons (Fsp3) is 0.500. The van der Waals surface area contributed by atoms with Crippen molar-refractivity contribution >= 4 is 0 Å². The summed E-state index contributed by atoms with van der Waals surface area (Å²) in [6, 6.07) is 1.85. The molecule has 0 saturated heterocycles. The molecule has 0 aliphatic heterocycles. The number of aromatic nitrogens is 1. The SMILES string of the molecule is Cc1cc(C(C)(C)C)cnc1F. The van der Waals surface area contributed by atoms with Crippen LogP contribution in [-0.2, 0) is 5.41 Å². The Morgan fingerprint density at radius 3 is 2.33 bits per heavy atom. The minimum absolute atomic E-state index is 0.0471. The van der Waals surface area contributed by atoms with Gasteiger partial charge in [-0.1, -0.05) is 20.8 Å². The Balaban J connectivity index is 3.14. The summed E-state index contributed by atoms with van der Waals surface area (Å²) in [7, 11) is 0. The predicted molar refractivity (Wildman–Crippen MR) is 47.6 cm³/mol. The highest BCUT2D eigenvalue weighted by molar-refractivity contribution is 5.23. The van der Waals surface area contributed by atoms with Crippen LogP contribution in [0, 0.1) is 12.9 Å². The van der Waals surface area contributed by atoms with Crippen LogP contribution in [0.2, 0.25) is 0 Å². The van der Waals surface area contributed by atoms with Gasteiger partial charge >= 0.3 is 0 Å². The number of halogens is 1. The van der Waals surface area contributed by atoms with Crippen molar-refractivity contribution in [2.45, 2.75) is 33.1 Å². The lowest BCUT2D eigenvalue weighted by Crippen LogP contribution is -2.12. The Morgan fingerprint density at radius 1 is 1.33 bits per heavy atom. The summed E-state index contributed by atoms with van der Waals surface area (Å²) < 4.78 is 12.8. The molecule has 66 valence electrons. The van der Waals surface area contributed by atoms with Crippen molar-refractivity contribution in [3.8, 4) is 0 Å². The Morgan fingerprint density at radius 2 is 1.92 bits per heavy atom. The molecule has 0 aliphatic carbocycles. The van der Waals surface area contributed by atoms with Crippen LogP contribution in [0.4, 0.5) is 4.39 Å². The summed E-state index contributed by atoms with van der Waals surface area (Å²) in [5.41, 5.74) is 1.73. The zero-order valence-electron chi connectivity index (χ0n) is 7.98. The number of hydrogen-bond acceptors (Lipinski definition) is 1. The molecule has 12 heavy (non-hydrogen) atoms. The van der Waals surface area contributed by atoms with E-state index in [0.717, 1.165) is 5.56 Å². The summed E-state index contributed by atoms with van der Waals surface area (Å²) in [6.07, 6.45) is 1.60. The van der Waals surface area contributed by atoms with Crippen LogP contribution in [-0.4, -0.2) is 4.98 Å². The fourth-order valence-corrected chi connectivity index (χ4v) is 0.968. The molecule has 0 amide bonds. The molecule has 1 rings (SSSR count). The van der Waals surface area contributed by atoms with Gasteiger partial charge in [0.25, 0.3) is 0 Å². The van der Waals surface area contributed by atoms with Gasteiger partial charge in [-0.25, -0.2) is 4.98 Å². The van der Waals surface area contributed by atoms with Crippen LogP contribution >= 0.6 is 0 Å². The molecule has 2 heteroatoms. The third kappa shape index (κ3) is 1.81. The van der Waals surface area contributed by atoms with Gasteiger partial charge in [0.2, 0.25) is 5.95 Å². The summed E-state index contributed by atoms with van der Waals surface area (Å²) in [5, 5.41) is 0. The van der Waals surface area contributed by atoms with Crippen molar-refractivity contribution in [3.05, 3.63) is 29.3 Å². The van der Waals surface area contributed by atoms with E-state index in [0.29, 0.717) is 5.56 Å². The maximum Gasteiger partial charge on any atom is 0.215 e. The van der Waals surface area contributed by atoms with Crippen molar-refractivity contribution < 1.29 is 4.39 Å². The number of hydrogen-bond donors (Lipinski definition) is 0. The highest BCUT2D eigenvalue weighted by Crippen LogP contribution is 2.22. The molecule has 0 saturated carbocycles. The van der Waals surface area contributed by atoms with Gasteiger partial charge in [-0.05, 0) is 24.0 Å². The first-order valence-electron chi connectivity index (χ1n) is 4.04. The molecule has 0 fully saturated rings. The third-order valence-corrected chi connectivity index (χ3v) is 1.88. The summed E-state index contributed by atoms with van der Waals surface area (Å²) in [6.45, 7) is 7.99. The van der Waals surface area contributed by atoms with E-state index in [-0.39, 0.29) is 11.4 Å². The highest BCUT2D eigenvalue weighted by Gasteiger charge is 2.14. The lowest BCUT2D eigenvalue weighted by molar-refractivity contribution is 0.552. The molecule has 1 heterocycles. The van der Waals surface area contributed by atoms with E-state index in [1.807, 2.05) is 6.07 Å². The largest absolute Gasteiger partial charge is 0.228 e. The highest BCUT2D eigenvalue weighted by atomic mass is 19.1. The van der Waals surface area contributed by atoms with Crippen LogP contribution in [0.15, 0.2) is 12.3 Å². The molecule has 0 atom stereocenters. The van der Waals surface area contributed by atoms with Gasteiger partial charge in [-0.2, -0.15) is 4.39 Å². The Bertz CT molecular complexity index is 286. The monoisotopic (exact) mass is 167 g/mol. The number of aryl methyl sites for hydroxylation is 1. The number of nitrogens with zero attached hydrogens (tertiary/aromatic N) is 1. The van der Waals surface area contributed by atoms with Crippen LogP contribution < -0.4 is 0 Å². The molecule has 0 aliphatic rings. The zero-order chi connectivity index (χ0) is 9.35. The van der Waals surface area contributed by atoms with E-state index in [4.69, 9.17) is 0 Å². The standard InChI is InChI=1S/C10H14FN/c1-7-5-8(10(2,3)4)6-12-9(7)11/h5-6H,1-4H3. The van der Waals surface area contributed by atoms with Gasteiger partial charge in [0.05, 0.1) is 0 Å². The maximum absolute atomic E-state index is 12.8. The third-order valence-electron chi connectivity index (χ3n) is 1.88. The minimum Gasteiger partial charge on any atom is -0.228 e. The Kier molecular flexibility index (Phi) is 2.18. The molecule has 1 nitrogen and oxygen atoms in total. The van der Waals surface area contributed by atoms with E-state index in [1.165, 1.54) is 0 Å². The topological polar surface area (TPSA) is 12.9 Å². The summed E-state index contributed by atoms with van der Waals surface area (Å²) >= 11 is 0. The minimum atomic E-state index is -0.372. The molecular formula is C10H14FN. The predicted octanol–water partition coefficient (Wildman–Crippen LogP) is 2.83. The molecule has 0 spiro atoms. The molecule has 0 aromatic carbocycles. The van der Waals surface area contributed by atoms with E-state index < -0.39 is 0 Å². The van der Waals surface area contributed by atoms with Crippen LogP contribution in [0.5, 0.6) is 0 Å². The molecule has 1 aromatic heterocycles. The van der Waals surface area contributed by atoms with Gasteiger partial charge in [-0.3, -0.25) is 0 Å². The average Bonchev–Trinajstić information content (AvgIpc) is 1.92. The molecular weight excluding hydrogens is 153 g/mol. The van der Waals surface area contributed by atoms with Crippen LogP contribution in [0.25, 0.3) is 0 Å². The van der Waals surface area contributed by atoms with Gasteiger partial charge in [0.15, 0.2) is 0 Å². The van der Waals surface area contributed by atoms with Crippen LogP contribution in [0.3, 0.4) is 0 Å². The lowest BCUT2D eigenvalue weighted by Gasteiger charge is -2.18. The Labute approximate surface area is 72.6 Å². The molecule has 0 radical (unpaired) electrons. The second-order valence-electron chi connectivity index (χ2n) is 4.08. The average molecular weight is 167 g/mol. The van der Waals surface area contributed by atoms with Crippen LogP contribution in [0.1, 0.15) is 31.9 Å². The number of rotatable bonds is 0. The second-order valence-corrected chi connectivity index (χ2v) is 4.08. The van der Waals surface area contributed by atoms with Gasteiger partial charge in [-0.15, -0.1) is 0 Å². The maximum atomic E-state index is 12.8. The van der Waals surface area contributed by atoms with Crippen molar-refractivity contribution in [2.24, 2.45) is 0 Å². The molecule has 0 bridgehead atoms. The van der Waals surface area contributed by atoms with Gasteiger partial charge in [0.1, 0.15) is 0 Å². The van der Waals surface area contributed by atoms with E-state index in [1.54, 1.807) is 13.1 Å². The first-order valence-corrected chi connectivity index (χ1v) is 4.04. The van der Waals surface area contributed by atoms with Crippen molar-refractivity contribution in [1.82, 2.24) is 4.98 Å². The molecule has 0 N–H and O–H groups in total. The lowest BCUT2D eigenvalue weighted by atomic mass is 9.88. The smallest absolute Gasteiger partial charge is 0.215 e. The quantitative estimate of drug-likeness (QED) is 0.541. The van der Waals surface area contributed by atoms with Crippen molar-refractivity contribution in [3.63, 3.8) is 0 Å². The summed E-state index contributed by atoms with van der Waals surface area (Å²) in [5.74, 6) is -0.372. The first-order chi connectivity index (χ1) is 5.41. The molecule has 1 aromatic rings. The van der Waals surface area contributed by atoms with Gasteiger partial charge in [0, 0.05) is 11.8 Å². The van der Waals surface area contributed by atoms with E-state index in [2.05, 4.69) is 25.8 Å². The Hall–Kier alpha value is -0.920. The first kappa shape index (κ1) is 9.17.